The number of nitrogens with zero attached hydrogens (tertiary/aromatic N) is 3. The summed E-state index contributed by atoms with van der Waals surface area (Å²) < 4.78 is 5.74. The summed E-state index contributed by atoms with van der Waals surface area (Å²) in [7, 11) is 5.86. The molecule has 2 aromatic heterocycles. The fraction of sp³-hybridized carbons (Fsp3) is 0.296. The maximum atomic E-state index is 5.74. The fourth-order valence-electron chi connectivity index (χ4n) is 4.71. The molecule has 6 heteroatoms. The van der Waals surface area contributed by atoms with Crippen molar-refractivity contribution in [1.82, 2.24) is 14.9 Å². The minimum atomic E-state index is 0.818. The van der Waals surface area contributed by atoms with Crippen LogP contribution in [0.4, 0.5) is 11.4 Å². The highest BCUT2D eigenvalue weighted by molar-refractivity contribution is 6.06. The van der Waals surface area contributed by atoms with E-state index in [9.17, 15) is 0 Å². The molecule has 0 spiro atoms. The first kappa shape index (κ1) is 21.3. The summed E-state index contributed by atoms with van der Waals surface area (Å²) in [6.07, 6.45) is 1.79. The predicted molar refractivity (Wildman–Crippen MR) is 138 cm³/mol. The first-order valence-corrected chi connectivity index (χ1v) is 11.5. The van der Waals surface area contributed by atoms with Crippen molar-refractivity contribution in [2.75, 3.05) is 57.6 Å². The van der Waals surface area contributed by atoms with Crippen molar-refractivity contribution < 1.29 is 4.74 Å². The second-order valence-electron chi connectivity index (χ2n) is 8.73. The van der Waals surface area contributed by atoms with Gasteiger partial charge in [0.2, 0.25) is 0 Å². The number of aromatic nitrogens is 2. The fourth-order valence-corrected chi connectivity index (χ4v) is 4.71. The Hall–Kier alpha value is -3.51. The molecule has 0 aliphatic carbocycles. The lowest BCUT2D eigenvalue weighted by atomic mass is 9.96. The number of benzene rings is 2. The molecule has 1 saturated heterocycles. The van der Waals surface area contributed by atoms with E-state index in [2.05, 4.69) is 81.5 Å². The second kappa shape index (κ2) is 8.79. The van der Waals surface area contributed by atoms with E-state index in [1.165, 1.54) is 11.3 Å². The zero-order valence-corrected chi connectivity index (χ0v) is 19.8. The van der Waals surface area contributed by atoms with Gasteiger partial charge in [-0.3, -0.25) is 0 Å². The van der Waals surface area contributed by atoms with Crippen molar-refractivity contribution in [1.29, 1.82) is 0 Å². The lowest BCUT2D eigenvalue weighted by Crippen LogP contribution is -2.44. The smallest absolute Gasteiger partial charge is 0.142 e. The number of rotatable bonds is 5. The van der Waals surface area contributed by atoms with E-state index >= 15 is 0 Å². The Kier molecular flexibility index (Phi) is 5.68. The van der Waals surface area contributed by atoms with Crippen LogP contribution in [0.2, 0.25) is 0 Å². The van der Waals surface area contributed by atoms with Gasteiger partial charge in [0.25, 0.3) is 0 Å². The van der Waals surface area contributed by atoms with Crippen molar-refractivity contribution in [2.45, 2.75) is 6.92 Å². The standard InChI is InChI=1S/C27H31N5O/c1-18-5-6-20(17-22(18)28-2)24-25-23(33-4)11-12-29-27(25)30-26(24)19-7-9-21(10-8-19)32-15-13-31(3)14-16-32/h5-12,17,28H,13-16H2,1-4H3,(H,29,30). The van der Waals surface area contributed by atoms with Crippen molar-refractivity contribution in [3.05, 3.63) is 60.3 Å². The van der Waals surface area contributed by atoms with Gasteiger partial charge >= 0.3 is 0 Å². The topological polar surface area (TPSA) is 56.4 Å². The van der Waals surface area contributed by atoms with Gasteiger partial charge in [0, 0.05) is 56.4 Å². The lowest BCUT2D eigenvalue weighted by Gasteiger charge is -2.34. The van der Waals surface area contributed by atoms with Gasteiger partial charge in [-0.15, -0.1) is 0 Å². The van der Waals surface area contributed by atoms with Crippen molar-refractivity contribution >= 4 is 22.4 Å². The third kappa shape index (κ3) is 3.91. The third-order valence-corrected chi connectivity index (χ3v) is 6.70. The summed E-state index contributed by atoms with van der Waals surface area (Å²) >= 11 is 0. The zero-order chi connectivity index (χ0) is 22.9. The molecule has 4 aromatic rings. The molecule has 1 aliphatic rings. The molecule has 0 unspecified atom stereocenters. The number of ether oxygens (including phenoxy) is 1. The van der Waals surface area contributed by atoms with Crippen molar-refractivity contribution in [3.63, 3.8) is 0 Å². The summed E-state index contributed by atoms with van der Waals surface area (Å²) in [5, 5.41) is 4.32. The van der Waals surface area contributed by atoms with E-state index in [1.807, 2.05) is 13.1 Å². The third-order valence-electron chi connectivity index (χ3n) is 6.70. The minimum Gasteiger partial charge on any atom is -0.496 e. The highest BCUT2D eigenvalue weighted by Gasteiger charge is 2.20. The van der Waals surface area contributed by atoms with E-state index in [0.29, 0.717) is 0 Å². The van der Waals surface area contributed by atoms with Crippen LogP contribution in [-0.4, -0.2) is 62.3 Å². The SMILES string of the molecule is CNc1cc(-c2c(-c3ccc(N4CCN(C)CC4)cc3)[nH]c3nccc(OC)c23)ccc1C. The van der Waals surface area contributed by atoms with Crippen LogP contribution in [0.5, 0.6) is 5.75 Å². The Balaban J connectivity index is 1.63. The van der Waals surface area contributed by atoms with Crippen molar-refractivity contribution in [2.24, 2.45) is 0 Å². The molecule has 0 bridgehead atoms. The average molecular weight is 442 g/mol. The highest BCUT2D eigenvalue weighted by Crippen LogP contribution is 2.42. The predicted octanol–water partition coefficient (Wildman–Crippen LogP) is 5.01. The molecule has 3 heterocycles. The molecule has 0 saturated carbocycles. The van der Waals surface area contributed by atoms with Crippen LogP contribution in [0.15, 0.2) is 54.7 Å². The minimum absolute atomic E-state index is 0.818. The van der Waals surface area contributed by atoms with Gasteiger partial charge < -0.3 is 24.8 Å². The lowest BCUT2D eigenvalue weighted by molar-refractivity contribution is 0.313. The highest BCUT2D eigenvalue weighted by atomic mass is 16.5. The number of aryl methyl sites for hydroxylation is 1. The molecule has 0 radical (unpaired) electrons. The van der Waals surface area contributed by atoms with Gasteiger partial charge in [-0.05, 0) is 54.9 Å². The number of piperazine rings is 1. The number of nitrogens with one attached hydrogen (secondary N) is 2. The average Bonchev–Trinajstić information content (AvgIpc) is 3.25. The van der Waals surface area contributed by atoms with Crippen LogP contribution in [0.3, 0.4) is 0 Å². The molecule has 1 fully saturated rings. The molecule has 0 atom stereocenters. The molecular weight excluding hydrogens is 410 g/mol. The van der Waals surface area contributed by atoms with Gasteiger partial charge in [0.1, 0.15) is 11.4 Å². The van der Waals surface area contributed by atoms with Crippen LogP contribution >= 0.6 is 0 Å². The summed E-state index contributed by atoms with van der Waals surface area (Å²) in [6, 6.07) is 17.3. The largest absolute Gasteiger partial charge is 0.496 e. The van der Waals surface area contributed by atoms with Gasteiger partial charge in [-0.1, -0.05) is 24.3 Å². The number of H-pyrrole nitrogens is 1. The maximum Gasteiger partial charge on any atom is 0.142 e. The van der Waals surface area contributed by atoms with Gasteiger partial charge in [-0.2, -0.15) is 0 Å². The summed E-state index contributed by atoms with van der Waals surface area (Å²) in [5.41, 5.74) is 8.85. The summed E-state index contributed by atoms with van der Waals surface area (Å²) in [4.78, 5) is 13.0. The molecule has 2 aromatic carbocycles. The number of hydrogen-bond acceptors (Lipinski definition) is 5. The second-order valence-corrected chi connectivity index (χ2v) is 8.73. The monoisotopic (exact) mass is 441 g/mol. The molecule has 6 nitrogen and oxygen atoms in total. The Morgan fingerprint density at radius 2 is 1.70 bits per heavy atom. The molecule has 170 valence electrons. The first-order valence-electron chi connectivity index (χ1n) is 11.5. The number of pyridine rings is 1. The Morgan fingerprint density at radius 1 is 0.970 bits per heavy atom. The van der Waals surface area contributed by atoms with Gasteiger partial charge in [0.05, 0.1) is 18.2 Å². The van der Waals surface area contributed by atoms with Crippen molar-refractivity contribution in [3.8, 4) is 28.1 Å². The Bertz CT molecular complexity index is 1270. The van der Waals surface area contributed by atoms with E-state index in [1.54, 1.807) is 13.3 Å². The van der Waals surface area contributed by atoms with Crippen LogP contribution < -0.4 is 15.0 Å². The number of fused-ring (bicyclic) bond motifs is 1. The van der Waals surface area contributed by atoms with Crippen LogP contribution in [0.1, 0.15) is 5.56 Å². The Labute approximate surface area is 195 Å². The summed E-state index contributed by atoms with van der Waals surface area (Å²) in [5.74, 6) is 0.818. The van der Waals surface area contributed by atoms with E-state index in [-0.39, 0.29) is 0 Å². The van der Waals surface area contributed by atoms with Gasteiger partial charge in [-0.25, -0.2) is 4.98 Å². The van der Waals surface area contributed by atoms with E-state index in [4.69, 9.17) is 4.74 Å². The van der Waals surface area contributed by atoms with Crippen LogP contribution in [0, 0.1) is 6.92 Å². The molecule has 2 N–H and O–H groups in total. The van der Waals surface area contributed by atoms with Gasteiger partial charge in [0.15, 0.2) is 0 Å². The zero-order valence-electron chi connectivity index (χ0n) is 19.8. The Morgan fingerprint density at radius 3 is 2.39 bits per heavy atom. The normalized spacial score (nSPS) is 14.6. The maximum absolute atomic E-state index is 5.74. The molecular formula is C27H31N5O. The molecule has 1 aliphatic heterocycles. The molecule has 0 amide bonds. The number of likely N-dealkylation sites (N-methyl/N-ethyl adjacent to an activating group) is 1. The number of hydrogen-bond donors (Lipinski definition) is 2. The quantitative estimate of drug-likeness (QED) is 0.456. The van der Waals surface area contributed by atoms with Crippen LogP contribution in [-0.2, 0) is 0 Å². The van der Waals surface area contributed by atoms with E-state index < -0.39 is 0 Å². The number of methoxy groups -OCH3 is 1. The number of aromatic amines is 1. The summed E-state index contributed by atoms with van der Waals surface area (Å²) in [6.45, 7) is 6.43. The first-order chi connectivity index (χ1) is 16.1. The van der Waals surface area contributed by atoms with Crippen LogP contribution in [0.25, 0.3) is 33.4 Å². The number of anilines is 2. The molecule has 33 heavy (non-hydrogen) atoms. The molecule has 5 rings (SSSR count). The van der Waals surface area contributed by atoms with E-state index in [0.717, 1.165) is 71.0 Å².